The van der Waals surface area contributed by atoms with Crippen LogP contribution < -0.4 is 10.1 Å². The van der Waals surface area contributed by atoms with Gasteiger partial charge in [0.05, 0.1) is 5.02 Å². The van der Waals surface area contributed by atoms with Gasteiger partial charge in [0.25, 0.3) is 5.91 Å². The van der Waals surface area contributed by atoms with E-state index in [9.17, 15) is 13.2 Å². The van der Waals surface area contributed by atoms with Crippen molar-refractivity contribution < 1.29 is 17.9 Å². The molecule has 0 aromatic heterocycles. The second-order valence-corrected chi connectivity index (χ2v) is 8.80. The first kappa shape index (κ1) is 19.9. The van der Waals surface area contributed by atoms with Gasteiger partial charge in [-0.15, -0.1) is 0 Å². The van der Waals surface area contributed by atoms with Gasteiger partial charge in [0.1, 0.15) is 10.6 Å². The largest absolute Gasteiger partial charge is 0.484 e. The van der Waals surface area contributed by atoms with Crippen LogP contribution in [0.15, 0.2) is 47.4 Å². The fraction of sp³-hybridized carbons (Fsp3) is 0.278. The molecule has 0 radical (unpaired) electrons. The van der Waals surface area contributed by atoms with E-state index in [0.29, 0.717) is 29.5 Å². The van der Waals surface area contributed by atoms with E-state index in [-0.39, 0.29) is 16.5 Å². The highest BCUT2D eigenvalue weighted by Crippen LogP contribution is 2.29. The van der Waals surface area contributed by atoms with Crippen LogP contribution in [-0.2, 0) is 14.8 Å². The molecule has 1 N–H and O–H groups in total. The Balaban J connectivity index is 1.68. The Labute approximate surface area is 168 Å². The lowest BCUT2D eigenvalue weighted by atomic mass is 10.3. The third kappa shape index (κ3) is 4.93. The van der Waals surface area contributed by atoms with Crippen molar-refractivity contribution in [3.05, 3.63) is 52.5 Å². The number of nitrogens with one attached hydrogen (secondary N) is 1. The highest BCUT2D eigenvalue weighted by atomic mass is 35.5. The number of sulfonamides is 1. The van der Waals surface area contributed by atoms with Gasteiger partial charge < -0.3 is 10.1 Å². The topological polar surface area (TPSA) is 75.7 Å². The van der Waals surface area contributed by atoms with E-state index in [1.807, 2.05) is 0 Å². The summed E-state index contributed by atoms with van der Waals surface area (Å²) < 4.78 is 32.2. The molecular formula is C18H18Cl2N2O4S. The number of nitrogens with zero attached hydrogens (tertiary/aromatic N) is 1. The normalized spacial score (nSPS) is 14.9. The number of rotatable bonds is 6. The number of anilines is 1. The molecule has 27 heavy (non-hydrogen) atoms. The summed E-state index contributed by atoms with van der Waals surface area (Å²) in [5.74, 6) is 0.0831. The zero-order valence-corrected chi connectivity index (χ0v) is 16.6. The average Bonchev–Trinajstić information content (AvgIpc) is 3.18. The molecule has 0 aliphatic carbocycles. The molecule has 3 rings (SSSR count). The van der Waals surface area contributed by atoms with Crippen molar-refractivity contribution in [2.24, 2.45) is 0 Å². The van der Waals surface area contributed by atoms with Crippen molar-refractivity contribution in [1.82, 2.24) is 4.31 Å². The van der Waals surface area contributed by atoms with Crippen molar-refractivity contribution in [3.63, 3.8) is 0 Å². The predicted octanol–water partition coefficient (Wildman–Crippen LogP) is 3.80. The van der Waals surface area contributed by atoms with Crippen molar-refractivity contribution in [2.75, 3.05) is 25.0 Å². The van der Waals surface area contributed by atoms with Crippen molar-refractivity contribution in [1.29, 1.82) is 0 Å². The maximum Gasteiger partial charge on any atom is 0.262 e. The van der Waals surface area contributed by atoms with E-state index in [2.05, 4.69) is 5.32 Å². The molecule has 1 saturated heterocycles. The molecule has 0 saturated carbocycles. The molecule has 0 spiro atoms. The SMILES string of the molecule is O=C(COc1ccc(Cl)cc1)Nc1ccc(Cl)c(S(=O)(=O)N2CCCC2)c1. The molecule has 2 aromatic carbocycles. The van der Waals surface area contributed by atoms with Crippen LogP contribution in [-0.4, -0.2) is 38.3 Å². The number of amides is 1. The first-order chi connectivity index (χ1) is 12.9. The molecule has 0 atom stereocenters. The fourth-order valence-electron chi connectivity index (χ4n) is 2.72. The minimum absolute atomic E-state index is 0.0116. The minimum atomic E-state index is -3.68. The lowest BCUT2D eigenvalue weighted by Crippen LogP contribution is -2.28. The van der Waals surface area contributed by atoms with E-state index < -0.39 is 15.9 Å². The molecule has 144 valence electrons. The van der Waals surface area contributed by atoms with E-state index >= 15 is 0 Å². The molecule has 1 aliphatic heterocycles. The standard InChI is InChI=1S/C18H18Cl2N2O4S/c19-13-3-6-15(7-4-13)26-12-18(23)21-14-5-8-16(20)17(11-14)27(24,25)22-9-1-2-10-22/h3-8,11H,1-2,9-10,12H2,(H,21,23). The quantitative estimate of drug-likeness (QED) is 0.758. The Hall–Kier alpha value is -1.80. The van der Waals surface area contributed by atoms with Gasteiger partial charge in [0, 0.05) is 23.8 Å². The summed E-state index contributed by atoms with van der Waals surface area (Å²) in [6.07, 6.45) is 1.66. The van der Waals surface area contributed by atoms with Crippen LogP contribution in [0.25, 0.3) is 0 Å². The zero-order valence-electron chi connectivity index (χ0n) is 14.3. The fourth-order valence-corrected chi connectivity index (χ4v) is 4.87. The van der Waals surface area contributed by atoms with Gasteiger partial charge in [-0.25, -0.2) is 8.42 Å². The first-order valence-electron chi connectivity index (χ1n) is 8.34. The second kappa shape index (κ2) is 8.48. The van der Waals surface area contributed by atoms with Crippen LogP contribution in [0.4, 0.5) is 5.69 Å². The Morgan fingerprint density at radius 1 is 1.07 bits per heavy atom. The molecular weight excluding hydrogens is 411 g/mol. The molecule has 0 bridgehead atoms. The summed E-state index contributed by atoms with van der Waals surface area (Å²) in [5.41, 5.74) is 0.335. The molecule has 1 amide bonds. The molecule has 6 nitrogen and oxygen atoms in total. The van der Waals surface area contributed by atoms with Gasteiger partial charge in [-0.1, -0.05) is 23.2 Å². The van der Waals surface area contributed by atoms with Crippen LogP contribution in [0.1, 0.15) is 12.8 Å². The Morgan fingerprint density at radius 2 is 1.74 bits per heavy atom. The molecule has 9 heteroatoms. The Kier molecular flexibility index (Phi) is 6.26. The van der Waals surface area contributed by atoms with E-state index in [1.165, 1.54) is 16.4 Å². The summed E-state index contributed by atoms with van der Waals surface area (Å²) in [6.45, 7) is 0.729. The number of halogens is 2. The van der Waals surface area contributed by atoms with Crippen molar-refractivity contribution >= 4 is 44.8 Å². The maximum atomic E-state index is 12.7. The first-order valence-corrected chi connectivity index (χ1v) is 10.5. The number of ether oxygens (including phenoxy) is 1. The maximum absolute atomic E-state index is 12.7. The van der Waals surface area contributed by atoms with Crippen LogP contribution in [0.3, 0.4) is 0 Å². The predicted molar refractivity (Wildman–Crippen MR) is 105 cm³/mol. The lowest BCUT2D eigenvalue weighted by molar-refractivity contribution is -0.118. The molecule has 2 aromatic rings. The second-order valence-electron chi connectivity index (χ2n) is 6.05. The summed E-state index contributed by atoms with van der Waals surface area (Å²) in [6, 6.07) is 11.0. The third-order valence-corrected chi connectivity index (χ3v) is 6.71. The lowest BCUT2D eigenvalue weighted by Gasteiger charge is -2.17. The van der Waals surface area contributed by atoms with E-state index in [4.69, 9.17) is 27.9 Å². The minimum Gasteiger partial charge on any atom is -0.484 e. The van der Waals surface area contributed by atoms with Crippen LogP contribution in [0.2, 0.25) is 10.0 Å². The van der Waals surface area contributed by atoms with Gasteiger partial charge in [-0.3, -0.25) is 4.79 Å². The van der Waals surface area contributed by atoms with Gasteiger partial charge >= 0.3 is 0 Å². The van der Waals surface area contributed by atoms with E-state index in [1.54, 1.807) is 30.3 Å². The van der Waals surface area contributed by atoms with Gasteiger partial charge in [-0.05, 0) is 55.3 Å². The van der Waals surface area contributed by atoms with Crippen molar-refractivity contribution in [2.45, 2.75) is 17.7 Å². The summed E-state index contributed by atoms with van der Waals surface area (Å²) in [5, 5.41) is 3.31. The number of benzene rings is 2. The summed E-state index contributed by atoms with van der Waals surface area (Å²) in [7, 11) is -3.68. The number of hydrogen-bond donors (Lipinski definition) is 1. The smallest absolute Gasteiger partial charge is 0.262 e. The molecule has 0 unspecified atom stereocenters. The van der Waals surface area contributed by atoms with Crippen LogP contribution >= 0.6 is 23.2 Å². The molecule has 1 heterocycles. The van der Waals surface area contributed by atoms with Crippen LogP contribution in [0.5, 0.6) is 5.75 Å². The molecule has 1 aliphatic rings. The average molecular weight is 429 g/mol. The van der Waals surface area contributed by atoms with Crippen molar-refractivity contribution in [3.8, 4) is 5.75 Å². The Morgan fingerprint density at radius 3 is 2.41 bits per heavy atom. The van der Waals surface area contributed by atoms with Gasteiger partial charge in [0.15, 0.2) is 6.61 Å². The number of hydrogen-bond acceptors (Lipinski definition) is 4. The third-order valence-electron chi connectivity index (χ3n) is 4.08. The van der Waals surface area contributed by atoms with Crippen LogP contribution in [0, 0.1) is 0 Å². The Bertz CT molecular complexity index is 927. The number of carbonyl (C=O) groups excluding carboxylic acids is 1. The highest BCUT2D eigenvalue weighted by Gasteiger charge is 2.29. The van der Waals surface area contributed by atoms with Gasteiger partial charge in [-0.2, -0.15) is 4.31 Å². The summed E-state index contributed by atoms with van der Waals surface area (Å²) >= 11 is 11.9. The van der Waals surface area contributed by atoms with Gasteiger partial charge in [0.2, 0.25) is 10.0 Å². The summed E-state index contributed by atoms with van der Waals surface area (Å²) in [4.78, 5) is 12.1. The highest BCUT2D eigenvalue weighted by molar-refractivity contribution is 7.89. The number of carbonyl (C=O) groups is 1. The molecule has 1 fully saturated rings. The monoisotopic (exact) mass is 428 g/mol. The zero-order chi connectivity index (χ0) is 19.4. The van der Waals surface area contributed by atoms with E-state index in [0.717, 1.165) is 12.8 Å².